The van der Waals surface area contributed by atoms with Crippen molar-refractivity contribution in [3.8, 4) is 0 Å². The third kappa shape index (κ3) is 3.05. The summed E-state index contributed by atoms with van der Waals surface area (Å²) in [7, 11) is 0. The average molecular weight is 282 g/mol. The molecule has 20 heavy (non-hydrogen) atoms. The number of hydrogen-bond donors (Lipinski definition) is 1. The van der Waals surface area contributed by atoms with Gasteiger partial charge in [0.25, 0.3) is 5.69 Å². The lowest BCUT2D eigenvalue weighted by molar-refractivity contribution is -0.385. The van der Waals surface area contributed by atoms with E-state index in [1.54, 1.807) is 6.07 Å². The molecule has 2 rings (SSSR count). The maximum absolute atomic E-state index is 13.6. The van der Waals surface area contributed by atoms with Crippen LogP contribution >= 0.6 is 0 Å². The van der Waals surface area contributed by atoms with Crippen molar-refractivity contribution < 1.29 is 18.1 Å². The van der Waals surface area contributed by atoms with Crippen molar-refractivity contribution in [3.05, 3.63) is 69.5 Å². The molecule has 0 bridgehead atoms. The third-order valence-corrected chi connectivity index (χ3v) is 2.60. The summed E-state index contributed by atoms with van der Waals surface area (Å²) in [6, 6.07) is 6.75. The summed E-state index contributed by atoms with van der Waals surface area (Å²) < 4.78 is 40.1. The molecule has 2 aromatic carbocycles. The van der Waals surface area contributed by atoms with Crippen LogP contribution in [0.4, 0.5) is 24.5 Å². The summed E-state index contributed by atoms with van der Waals surface area (Å²) in [5, 5.41) is 12.9. The molecular formula is C13H9F3N2O2. The number of nitro groups is 1. The van der Waals surface area contributed by atoms with E-state index in [0.29, 0.717) is 17.7 Å². The molecule has 0 unspecified atom stereocenters. The van der Waals surface area contributed by atoms with Crippen LogP contribution in [0.5, 0.6) is 0 Å². The first-order valence-corrected chi connectivity index (χ1v) is 5.59. The lowest BCUT2D eigenvalue weighted by atomic mass is 10.2. The Labute approximate surface area is 112 Å². The second kappa shape index (κ2) is 5.60. The Kier molecular flexibility index (Phi) is 3.88. The zero-order valence-electron chi connectivity index (χ0n) is 10.1. The Morgan fingerprint density at radius 3 is 2.30 bits per heavy atom. The Balaban J connectivity index is 2.20. The normalized spacial score (nSPS) is 10.3. The van der Waals surface area contributed by atoms with Gasteiger partial charge in [0, 0.05) is 6.54 Å². The maximum atomic E-state index is 13.6. The highest BCUT2D eigenvalue weighted by molar-refractivity contribution is 5.51. The van der Waals surface area contributed by atoms with Gasteiger partial charge >= 0.3 is 0 Å². The van der Waals surface area contributed by atoms with Crippen LogP contribution in [0.3, 0.4) is 0 Å². The predicted octanol–water partition coefficient (Wildman–Crippen LogP) is 3.62. The number of anilines is 1. The van der Waals surface area contributed by atoms with Gasteiger partial charge in [-0.3, -0.25) is 10.1 Å². The summed E-state index contributed by atoms with van der Waals surface area (Å²) in [5.41, 5.74) is -0.668. The molecular weight excluding hydrogens is 273 g/mol. The zero-order valence-corrected chi connectivity index (χ0v) is 10.1. The van der Waals surface area contributed by atoms with E-state index in [2.05, 4.69) is 5.32 Å². The van der Waals surface area contributed by atoms with E-state index in [-0.39, 0.29) is 6.54 Å². The number of rotatable bonds is 4. The van der Waals surface area contributed by atoms with Crippen molar-refractivity contribution in [2.45, 2.75) is 6.54 Å². The molecule has 1 N–H and O–H groups in total. The van der Waals surface area contributed by atoms with Crippen LogP contribution in [0.1, 0.15) is 5.56 Å². The standard InChI is InChI=1S/C13H9F3N2O2/c14-9-3-1-2-8(4-9)7-17-13-11(15)5-10(18(19)20)6-12(13)16/h1-6,17H,7H2. The van der Waals surface area contributed by atoms with E-state index in [1.807, 2.05) is 0 Å². The lowest BCUT2D eigenvalue weighted by Crippen LogP contribution is -2.05. The topological polar surface area (TPSA) is 55.2 Å². The summed E-state index contributed by atoms with van der Waals surface area (Å²) in [4.78, 5) is 9.56. The van der Waals surface area contributed by atoms with Gasteiger partial charge in [-0.25, -0.2) is 13.2 Å². The minimum atomic E-state index is -1.08. The number of nitrogens with zero attached hydrogens (tertiary/aromatic N) is 1. The quantitative estimate of drug-likeness (QED) is 0.688. The molecule has 0 spiro atoms. The highest BCUT2D eigenvalue weighted by Gasteiger charge is 2.16. The Morgan fingerprint density at radius 2 is 1.75 bits per heavy atom. The van der Waals surface area contributed by atoms with Gasteiger partial charge in [0.15, 0.2) is 11.6 Å². The number of benzene rings is 2. The highest BCUT2D eigenvalue weighted by atomic mass is 19.1. The fourth-order valence-corrected chi connectivity index (χ4v) is 1.67. The molecule has 104 valence electrons. The Hall–Kier alpha value is -2.57. The fourth-order valence-electron chi connectivity index (χ4n) is 1.67. The zero-order chi connectivity index (χ0) is 14.7. The molecule has 0 heterocycles. The molecule has 0 radical (unpaired) electrons. The number of nitrogens with one attached hydrogen (secondary N) is 1. The SMILES string of the molecule is O=[N+]([O-])c1cc(F)c(NCc2cccc(F)c2)c(F)c1. The van der Waals surface area contributed by atoms with E-state index < -0.39 is 33.7 Å². The molecule has 0 saturated heterocycles. The van der Waals surface area contributed by atoms with E-state index in [0.717, 1.165) is 0 Å². The van der Waals surface area contributed by atoms with Gasteiger partial charge in [0.2, 0.25) is 0 Å². The minimum Gasteiger partial charge on any atom is -0.376 e. The summed E-state index contributed by atoms with van der Waals surface area (Å²) >= 11 is 0. The lowest BCUT2D eigenvalue weighted by Gasteiger charge is -2.09. The first-order valence-electron chi connectivity index (χ1n) is 5.59. The Bertz CT molecular complexity index is 639. The van der Waals surface area contributed by atoms with Crippen molar-refractivity contribution in [1.82, 2.24) is 0 Å². The van der Waals surface area contributed by atoms with E-state index in [1.165, 1.54) is 18.2 Å². The van der Waals surface area contributed by atoms with Crippen LogP contribution in [0.15, 0.2) is 36.4 Å². The van der Waals surface area contributed by atoms with Crippen LogP contribution in [-0.2, 0) is 6.54 Å². The van der Waals surface area contributed by atoms with Gasteiger partial charge in [0.05, 0.1) is 17.1 Å². The summed E-state index contributed by atoms with van der Waals surface area (Å²) in [5.74, 6) is -2.62. The molecule has 4 nitrogen and oxygen atoms in total. The van der Waals surface area contributed by atoms with Crippen molar-refractivity contribution >= 4 is 11.4 Å². The number of hydrogen-bond acceptors (Lipinski definition) is 3. The van der Waals surface area contributed by atoms with Gasteiger partial charge in [-0.15, -0.1) is 0 Å². The molecule has 0 aliphatic heterocycles. The second-order valence-corrected chi connectivity index (χ2v) is 4.02. The van der Waals surface area contributed by atoms with Crippen LogP contribution < -0.4 is 5.32 Å². The van der Waals surface area contributed by atoms with E-state index in [9.17, 15) is 23.3 Å². The van der Waals surface area contributed by atoms with Crippen LogP contribution in [-0.4, -0.2) is 4.92 Å². The van der Waals surface area contributed by atoms with Gasteiger partial charge in [0.1, 0.15) is 11.5 Å². The smallest absolute Gasteiger partial charge is 0.275 e. The fraction of sp³-hybridized carbons (Fsp3) is 0.0769. The van der Waals surface area contributed by atoms with Crippen LogP contribution in [0, 0.1) is 27.6 Å². The first-order chi connectivity index (χ1) is 9.47. The van der Waals surface area contributed by atoms with Crippen molar-refractivity contribution in [2.24, 2.45) is 0 Å². The minimum absolute atomic E-state index is 0.0105. The molecule has 0 aliphatic rings. The molecule has 0 aromatic heterocycles. The van der Waals surface area contributed by atoms with E-state index in [4.69, 9.17) is 0 Å². The summed E-state index contributed by atoms with van der Waals surface area (Å²) in [6.45, 7) is -0.0105. The number of halogens is 3. The second-order valence-electron chi connectivity index (χ2n) is 4.02. The summed E-state index contributed by atoms with van der Waals surface area (Å²) in [6.07, 6.45) is 0. The molecule has 7 heteroatoms. The van der Waals surface area contributed by atoms with Crippen LogP contribution in [0.25, 0.3) is 0 Å². The van der Waals surface area contributed by atoms with Gasteiger partial charge < -0.3 is 5.32 Å². The number of nitro benzene ring substituents is 1. The maximum Gasteiger partial charge on any atom is 0.275 e. The van der Waals surface area contributed by atoms with Gasteiger partial charge in [-0.2, -0.15) is 0 Å². The third-order valence-electron chi connectivity index (χ3n) is 2.60. The van der Waals surface area contributed by atoms with Crippen molar-refractivity contribution in [3.63, 3.8) is 0 Å². The number of non-ortho nitro benzene ring substituents is 1. The molecule has 0 atom stereocenters. The average Bonchev–Trinajstić information content (AvgIpc) is 2.37. The molecule has 0 saturated carbocycles. The molecule has 0 fully saturated rings. The van der Waals surface area contributed by atoms with Gasteiger partial charge in [-0.05, 0) is 17.7 Å². The largest absolute Gasteiger partial charge is 0.376 e. The van der Waals surface area contributed by atoms with Gasteiger partial charge in [-0.1, -0.05) is 12.1 Å². The predicted molar refractivity (Wildman–Crippen MR) is 66.7 cm³/mol. The molecule has 0 aliphatic carbocycles. The first kappa shape index (κ1) is 13.9. The molecule has 0 amide bonds. The van der Waals surface area contributed by atoms with Crippen molar-refractivity contribution in [1.29, 1.82) is 0 Å². The highest BCUT2D eigenvalue weighted by Crippen LogP contribution is 2.25. The van der Waals surface area contributed by atoms with Crippen LogP contribution in [0.2, 0.25) is 0 Å². The Morgan fingerprint density at radius 1 is 1.10 bits per heavy atom. The molecule has 2 aromatic rings. The van der Waals surface area contributed by atoms with E-state index >= 15 is 0 Å². The van der Waals surface area contributed by atoms with Crippen molar-refractivity contribution in [2.75, 3.05) is 5.32 Å². The monoisotopic (exact) mass is 282 g/mol.